The van der Waals surface area contributed by atoms with Gasteiger partial charge in [-0.3, -0.25) is 4.79 Å². The van der Waals surface area contributed by atoms with E-state index in [0.29, 0.717) is 25.4 Å². The maximum atomic E-state index is 13.3. The minimum absolute atomic E-state index is 0.0331. The quantitative estimate of drug-likeness (QED) is 0.678. The molecule has 0 radical (unpaired) electrons. The average Bonchev–Trinajstić information content (AvgIpc) is 3.51. The Morgan fingerprint density at radius 2 is 2.06 bits per heavy atom. The van der Waals surface area contributed by atoms with Gasteiger partial charge in [-0.2, -0.15) is 0 Å². The fourth-order valence-electron chi connectivity index (χ4n) is 3.98. The van der Waals surface area contributed by atoms with E-state index in [1.54, 1.807) is 23.3 Å². The number of ether oxygens (including phenoxy) is 2. The molecule has 166 valence electrons. The zero-order valence-corrected chi connectivity index (χ0v) is 18.8. The van der Waals surface area contributed by atoms with Gasteiger partial charge >= 0.3 is 6.03 Å². The second-order valence-corrected chi connectivity index (χ2v) is 8.84. The first-order chi connectivity index (χ1) is 15.1. The van der Waals surface area contributed by atoms with E-state index >= 15 is 0 Å². The number of carbonyl (C=O) groups is 2. The molecule has 2 aliphatic rings. The second kappa shape index (κ2) is 9.60. The van der Waals surface area contributed by atoms with Gasteiger partial charge in [0, 0.05) is 30.1 Å². The first kappa shape index (κ1) is 21.5. The standard InChI is InChI=1S/C23H29N3O4S/c1-3-24-23(28)26(16-7-8-16)14-22(27)25-11-9-21-19(10-12-31-21)20(25)15-30-18-6-4-5-17(13-18)29-2/h4-6,10,12-13,16,20H,3,7-9,11,14-15H2,1-2H3,(H,24,28)/t20-/m0/s1. The normalized spacial score (nSPS) is 17.6. The molecule has 0 unspecified atom stereocenters. The molecular formula is C23H29N3O4S. The Morgan fingerprint density at radius 3 is 2.81 bits per heavy atom. The third-order valence-corrected chi connectivity index (χ3v) is 6.74. The molecule has 1 N–H and O–H groups in total. The van der Waals surface area contributed by atoms with Gasteiger partial charge in [-0.05, 0) is 55.3 Å². The highest BCUT2D eigenvalue weighted by molar-refractivity contribution is 7.10. The van der Waals surface area contributed by atoms with Gasteiger partial charge in [0.25, 0.3) is 0 Å². The van der Waals surface area contributed by atoms with Crippen molar-refractivity contribution in [2.75, 3.05) is 33.4 Å². The fraction of sp³-hybridized carbons (Fsp3) is 0.478. The Kier molecular flexibility index (Phi) is 6.65. The van der Waals surface area contributed by atoms with Crippen LogP contribution >= 0.6 is 11.3 Å². The van der Waals surface area contributed by atoms with Crippen LogP contribution in [0, 0.1) is 0 Å². The van der Waals surface area contributed by atoms with Crippen molar-refractivity contribution in [2.24, 2.45) is 0 Å². The van der Waals surface area contributed by atoms with Gasteiger partial charge in [0.2, 0.25) is 5.91 Å². The summed E-state index contributed by atoms with van der Waals surface area (Å²) in [7, 11) is 1.62. The van der Waals surface area contributed by atoms with Crippen molar-refractivity contribution < 1.29 is 19.1 Å². The molecular weight excluding hydrogens is 414 g/mol. The largest absolute Gasteiger partial charge is 0.497 e. The summed E-state index contributed by atoms with van der Waals surface area (Å²) in [4.78, 5) is 30.7. The minimum atomic E-state index is -0.177. The van der Waals surface area contributed by atoms with E-state index in [4.69, 9.17) is 9.47 Å². The summed E-state index contributed by atoms with van der Waals surface area (Å²) in [5.41, 5.74) is 1.14. The Balaban J connectivity index is 1.49. The van der Waals surface area contributed by atoms with Crippen molar-refractivity contribution in [1.82, 2.24) is 15.1 Å². The summed E-state index contributed by atoms with van der Waals surface area (Å²) in [6.07, 6.45) is 2.75. The number of nitrogens with one attached hydrogen (secondary N) is 1. The van der Waals surface area contributed by atoms with E-state index in [2.05, 4.69) is 16.8 Å². The van der Waals surface area contributed by atoms with Gasteiger partial charge in [0.05, 0.1) is 13.2 Å². The maximum Gasteiger partial charge on any atom is 0.318 e. The summed E-state index contributed by atoms with van der Waals surface area (Å²) < 4.78 is 11.4. The maximum absolute atomic E-state index is 13.3. The highest BCUT2D eigenvalue weighted by atomic mass is 32.1. The molecule has 8 heteroatoms. The number of fused-ring (bicyclic) bond motifs is 1. The summed E-state index contributed by atoms with van der Waals surface area (Å²) in [5, 5.41) is 4.91. The Bertz CT molecular complexity index is 927. The highest BCUT2D eigenvalue weighted by Crippen LogP contribution is 2.35. The van der Waals surface area contributed by atoms with Gasteiger partial charge in [-0.25, -0.2) is 4.79 Å². The lowest BCUT2D eigenvalue weighted by molar-refractivity contribution is -0.135. The third-order valence-electron chi connectivity index (χ3n) is 5.75. The average molecular weight is 444 g/mol. The van der Waals surface area contributed by atoms with Crippen LogP contribution in [0.1, 0.15) is 36.2 Å². The van der Waals surface area contributed by atoms with Crippen LogP contribution in [0.15, 0.2) is 35.7 Å². The van der Waals surface area contributed by atoms with Crippen molar-refractivity contribution in [3.05, 3.63) is 46.2 Å². The molecule has 1 fully saturated rings. The van der Waals surface area contributed by atoms with Crippen molar-refractivity contribution in [3.8, 4) is 11.5 Å². The monoisotopic (exact) mass is 443 g/mol. The van der Waals surface area contributed by atoms with Crippen LogP contribution in [-0.4, -0.2) is 61.1 Å². The topological polar surface area (TPSA) is 71.1 Å². The Labute approximate surface area is 186 Å². The highest BCUT2D eigenvalue weighted by Gasteiger charge is 2.37. The zero-order chi connectivity index (χ0) is 21.8. The van der Waals surface area contributed by atoms with Crippen molar-refractivity contribution in [3.63, 3.8) is 0 Å². The molecule has 1 aliphatic heterocycles. The predicted octanol–water partition coefficient (Wildman–Crippen LogP) is 3.46. The molecule has 0 saturated heterocycles. The van der Waals surface area contributed by atoms with Crippen LogP contribution < -0.4 is 14.8 Å². The summed E-state index contributed by atoms with van der Waals surface area (Å²) >= 11 is 1.72. The SMILES string of the molecule is CCNC(=O)N(CC(=O)N1CCc2sccc2[C@@H]1COc1cccc(OC)c1)C1CC1. The molecule has 1 atom stereocenters. The molecule has 7 nitrogen and oxygen atoms in total. The summed E-state index contributed by atoms with van der Waals surface area (Å²) in [6, 6.07) is 9.40. The first-order valence-corrected chi connectivity index (χ1v) is 11.7. The molecule has 0 spiro atoms. The molecule has 3 amide bonds. The number of hydrogen-bond acceptors (Lipinski definition) is 5. The summed E-state index contributed by atoms with van der Waals surface area (Å²) in [5.74, 6) is 1.40. The number of nitrogens with zero attached hydrogens (tertiary/aromatic N) is 2. The first-order valence-electron chi connectivity index (χ1n) is 10.8. The molecule has 2 heterocycles. The predicted molar refractivity (Wildman–Crippen MR) is 120 cm³/mol. The lowest BCUT2D eigenvalue weighted by atomic mass is 10.0. The fourth-order valence-corrected chi connectivity index (χ4v) is 4.91. The van der Waals surface area contributed by atoms with Crippen LogP contribution in [0.25, 0.3) is 0 Å². The third kappa shape index (κ3) is 4.95. The van der Waals surface area contributed by atoms with Crippen molar-refractivity contribution >= 4 is 23.3 Å². The zero-order valence-electron chi connectivity index (χ0n) is 18.0. The molecule has 1 aromatic heterocycles. The Morgan fingerprint density at radius 1 is 1.26 bits per heavy atom. The lowest BCUT2D eigenvalue weighted by Crippen LogP contribution is -2.50. The molecule has 1 saturated carbocycles. The van der Waals surface area contributed by atoms with Gasteiger partial charge < -0.3 is 24.6 Å². The van der Waals surface area contributed by atoms with E-state index in [1.807, 2.05) is 36.1 Å². The van der Waals surface area contributed by atoms with Gasteiger partial charge in [-0.1, -0.05) is 6.07 Å². The number of carbonyl (C=O) groups excluding carboxylic acids is 2. The summed E-state index contributed by atoms with van der Waals surface area (Å²) in [6.45, 7) is 3.53. The van der Waals surface area contributed by atoms with E-state index in [0.717, 1.165) is 30.6 Å². The number of urea groups is 1. The second-order valence-electron chi connectivity index (χ2n) is 7.84. The lowest BCUT2D eigenvalue weighted by Gasteiger charge is -2.37. The van der Waals surface area contributed by atoms with Crippen LogP contribution in [0.2, 0.25) is 0 Å². The number of methoxy groups -OCH3 is 1. The smallest absolute Gasteiger partial charge is 0.318 e. The van der Waals surface area contributed by atoms with Crippen LogP contribution in [0.5, 0.6) is 11.5 Å². The number of amides is 3. The number of thiophene rings is 1. The van der Waals surface area contributed by atoms with Gasteiger partial charge in [0.15, 0.2) is 0 Å². The van der Waals surface area contributed by atoms with Crippen LogP contribution in [0.3, 0.4) is 0 Å². The van der Waals surface area contributed by atoms with E-state index in [1.165, 1.54) is 4.88 Å². The van der Waals surface area contributed by atoms with Gasteiger partial charge in [-0.15, -0.1) is 11.3 Å². The molecule has 1 aliphatic carbocycles. The molecule has 1 aromatic carbocycles. The van der Waals surface area contributed by atoms with E-state index in [9.17, 15) is 9.59 Å². The number of benzene rings is 1. The van der Waals surface area contributed by atoms with E-state index in [-0.39, 0.29) is 30.6 Å². The molecule has 2 aromatic rings. The van der Waals surface area contributed by atoms with E-state index < -0.39 is 0 Å². The van der Waals surface area contributed by atoms with Crippen LogP contribution in [0.4, 0.5) is 4.79 Å². The van der Waals surface area contributed by atoms with Crippen molar-refractivity contribution in [2.45, 2.75) is 38.3 Å². The van der Waals surface area contributed by atoms with Gasteiger partial charge in [0.1, 0.15) is 24.7 Å². The Hall–Kier alpha value is -2.74. The molecule has 31 heavy (non-hydrogen) atoms. The minimum Gasteiger partial charge on any atom is -0.497 e. The number of rotatable bonds is 8. The van der Waals surface area contributed by atoms with Crippen molar-refractivity contribution in [1.29, 1.82) is 0 Å². The molecule has 0 bridgehead atoms. The molecule has 4 rings (SSSR count). The van der Waals surface area contributed by atoms with Crippen LogP contribution in [-0.2, 0) is 11.2 Å². The number of hydrogen-bond donors (Lipinski definition) is 1.